The summed E-state index contributed by atoms with van der Waals surface area (Å²) in [6, 6.07) is 5.75. The summed E-state index contributed by atoms with van der Waals surface area (Å²) in [7, 11) is 0. The maximum Gasteiger partial charge on any atom is 0.319 e. The van der Waals surface area contributed by atoms with Crippen LogP contribution in [0.1, 0.15) is 43.5 Å². The number of benzene rings is 1. The Morgan fingerprint density at radius 3 is 2.58 bits per heavy atom. The van der Waals surface area contributed by atoms with Gasteiger partial charge in [-0.05, 0) is 58.2 Å². The lowest BCUT2D eigenvalue weighted by atomic mass is 9.99. The molecular formula is C19H26N4O3. The van der Waals surface area contributed by atoms with Crippen molar-refractivity contribution >= 4 is 17.7 Å². The molecule has 140 valence electrons. The predicted octanol–water partition coefficient (Wildman–Crippen LogP) is 3.56. The molecule has 7 nitrogen and oxygen atoms in total. The summed E-state index contributed by atoms with van der Waals surface area (Å²) in [4.78, 5) is 23.0. The van der Waals surface area contributed by atoms with Gasteiger partial charge < -0.3 is 15.7 Å². The standard InChI is InChI=1S/C19H26N4O3/c1-12-6-7-13(2)16(10-12)23-14(3)15(11-20-23)21-18(26)22-19(4,5)9-8-17(24)25/h6-7,10-11H,8-9H2,1-5H3,(H,24,25)(H2,21,22,26). The number of nitrogens with zero attached hydrogens (tertiary/aromatic N) is 2. The van der Waals surface area contributed by atoms with Gasteiger partial charge >= 0.3 is 12.0 Å². The highest BCUT2D eigenvalue weighted by Crippen LogP contribution is 2.22. The molecule has 7 heteroatoms. The van der Waals surface area contributed by atoms with E-state index in [4.69, 9.17) is 5.11 Å². The molecule has 2 amide bonds. The molecule has 0 aliphatic rings. The molecule has 1 aromatic carbocycles. The Morgan fingerprint density at radius 2 is 1.92 bits per heavy atom. The van der Waals surface area contributed by atoms with Crippen LogP contribution in [0.4, 0.5) is 10.5 Å². The highest BCUT2D eigenvalue weighted by molar-refractivity contribution is 5.90. The molecule has 1 aromatic heterocycles. The van der Waals surface area contributed by atoms with Crippen molar-refractivity contribution in [3.8, 4) is 5.69 Å². The van der Waals surface area contributed by atoms with Crippen LogP contribution in [0.25, 0.3) is 5.69 Å². The van der Waals surface area contributed by atoms with Gasteiger partial charge in [0.15, 0.2) is 0 Å². The zero-order chi connectivity index (χ0) is 19.5. The molecule has 2 rings (SSSR count). The fraction of sp³-hybridized carbons (Fsp3) is 0.421. The van der Waals surface area contributed by atoms with Crippen LogP contribution in [0.2, 0.25) is 0 Å². The van der Waals surface area contributed by atoms with Gasteiger partial charge in [-0.25, -0.2) is 9.48 Å². The fourth-order valence-electron chi connectivity index (χ4n) is 2.67. The highest BCUT2D eigenvalue weighted by atomic mass is 16.4. The van der Waals surface area contributed by atoms with Gasteiger partial charge in [0.05, 0.1) is 23.3 Å². The molecule has 2 aromatic rings. The summed E-state index contributed by atoms with van der Waals surface area (Å²) in [6.07, 6.45) is 1.95. The lowest BCUT2D eigenvalue weighted by Crippen LogP contribution is -2.45. The fourth-order valence-corrected chi connectivity index (χ4v) is 2.67. The van der Waals surface area contributed by atoms with Crippen molar-refractivity contribution in [1.29, 1.82) is 0 Å². The van der Waals surface area contributed by atoms with E-state index in [1.807, 2.05) is 39.0 Å². The van der Waals surface area contributed by atoms with E-state index in [1.165, 1.54) is 0 Å². The quantitative estimate of drug-likeness (QED) is 0.735. The average Bonchev–Trinajstić information content (AvgIpc) is 2.88. The van der Waals surface area contributed by atoms with Crippen LogP contribution in [0, 0.1) is 20.8 Å². The third kappa shape index (κ3) is 4.84. The maximum atomic E-state index is 12.3. The average molecular weight is 358 g/mol. The van der Waals surface area contributed by atoms with Crippen molar-refractivity contribution in [2.75, 3.05) is 5.32 Å². The number of nitrogens with one attached hydrogen (secondary N) is 2. The minimum Gasteiger partial charge on any atom is -0.481 e. The van der Waals surface area contributed by atoms with Gasteiger partial charge in [0.25, 0.3) is 0 Å². The van der Waals surface area contributed by atoms with Gasteiger partial charge in [-0.15, -0.1) is 0 Å². The van der Waals surface area contributed by atoms with E-state index in [0.29, 0.717) is 12.1 Å². The first-order valence-corrected chi connectivity index (χ1v) is 8.52. The predicted molar refractivity (Wildman–Crippen MR) is 101 cm³/mol. The Labute approximate surface area is 153 Å². The molecule has 0 spiro atoms. The number of carboxylic acid groups (broad SMARTS) is 1. The zero-order valence-corrected chi connectivity index (χ0v) is 15.9. The van der Waals surface area contributed by atoms with Gasteiger partial charge in [-0.1, -0.05) is 12.1 Å². The molecular weight excluding hydrogens is 332 g/mol. The lowest BCUT2D eigenvalue weighted by molar-refractivity contribution is -0.137. The number of aryl methyl sites for hydroxylation is 2. The molecule has 0 bridgehead atoms. The summed E-state index contributed by atoms with van der Waals surface area (Å²) in [6.45, 7) is 9.51. The number of hydrogen-bond donors (Lipinski definition) is 3. The molecule has 1 heterocycles. The van der Waals surface area contributed by atoms with Crippen LogP contribution in [-0.2, 0) is 4.79 Å². The third-order valence-corrected chi connectivity index (χ3v) is 4.27. The molecule has 0 saturated heterocycles. The van der Waals surface area contributed by atoms with Gasteiger partial charge in [0.2, 0.25) is 0 Å². The number of carbonyl (C=O) groups is 2. The SMILES string of the molecule is Cc1ccc(C)c(-n2ncc(NC(=O)NC(C)(C)CCC(=O)O)c2C)c1. The molecule has 0 aliphatic heterocycles. The molecule has 0 radical (unpaired) electrons. The third-order valence-electron chi connectivity index (χ3n) is 4.27. The number of rotatable bonds is 6. The van der Waals surface area contributed by atoms with E-state index >= 15 is 0 Å². The van der Waals surface area contributed by atoms with Gasteiger partial charge in [0.1, 0.15) is 0 Å². The Balaban J connectivity index is 2.11. The van der Waals surface area contributed by atoms with Gasteiger partial charge in [-0.3, -0.25) is 4.79 Å². The monoisotopic (exact) mass is 358 g/mol. The normalized spacial score (nSPS) is 11.3. The van der Waals surface area contributed by atoms with Crippen molar-refractivity contribution in [1.82, 2.24) is 15.1 Å². The summed E-state index contributed by atoms with van der Waals surface area (Å²) in [5.74, 6) is -0.883. The molecule has 3 N–H and O–H groups in total. The van der Waals surface area contributed by atoms with E-state index in [9.17, 15) is 9.59 Å². The molecule has 0 fully saturated rings. The second-order valence-electron chi connectivity index (χ2n) is 7.20. The van der Waals surface area contributed by atoms with Crippen LogP contribution in [0.3, 0.4) is 0 Å². The highest BCUT2D eigenvalue weighted by Gasteiger charge is 2.22. The van der Waals surface area contributed by atoms with Crippen molar-refractivity contribution in [3.63, 3.8) is 0 Å². The summed E-state index contributed by atoms with van der Waals surface area (Å²) in [5, 5.41) is 18.8. The lowest BCUT2D eigenvalue weighted by Gasteiger charge is -2.25. The molecule has 0 aliphatic carbocycles. The van der Waals surface area contributed by atoms with E-state index in [-0.39, 0.29) is 12.5 Å². The van der Waals surface area contributed by atoms with E-state index in [2.05, 4.69) is 15.7 Å². The van der Waals surface area contributed by atoms with Crippen molar-refractivity contribution in [2.24, 2.45) is 0 Å². The second kappa shape index (κ2) is 7.59. The number of carboxylic acids is 1. The molecule has 0 unspecified atom stereocenters. The second-order valence-corrected chi connectivity index (χ2v) is 7.20. The van der Waals surface area contributed by atoms with Crippen LogP contribution >= 0.6 is 0 Å². The van der Waals surface area contributed by atoms with Crippen LogP contribution in [-0.4, -0.2) is 32.4 Å². The first-order valence-electron chi connectivity index (χ1n) is 8.52. The first kappa shape index (κ1) is 19.5. The Hall–Kier alpha value is -2.83. The maximum absolute atomic E-state index is 12.3. The number of aliphatic carboxylic acids is 1. The first-order chi connectivity index (χ1) is 12.1. The van der Waals surface area contributed by atoms with E-state index in [0.717, 1.165) is 22.5 Å². The minimum absolute atomic E-state index is 0.00310. The van der Waals surface area contributed by atoms with Crippen molar-refractivity contribution < 1.29 is 14.7 Å². The van der Waals surface area contributed by atoms with Crippen LogP contribution in [0.15, 0.2) is 24.4 Å². The number of amides is 2. The smallest absolute Gasteiger partial charge is 0.319 e. The Morgan fingerprint density at radius 1 is 1.23 bits per heavy atom. The molecule has 0 saturated carbocycles. The zero-order valence-electron chi connectivity index (χ0n) is 15.9. The Kier molecular flexibility index (Phi) is 5.69. The van der Waals surface area contributed by atoms with Gasteiger partial charge in [-0.2, -0.15) is 5.10 Å². The number of aromatic nitrogens is 2. The Bertz CT molecular complexity index is 824. The van der Waals surface area contributed by atoms with Crippen LogP contribution < -0.4 is 10.6 Å². The van der Waals surface area contributed by atoms with E-state index in [1.54, 1.807) is 24.7 Å². The van der Waals surface area contributed by atoms with E-state index < -0.39 is 11.5 Å². The number of urea groups is 1. The van der Waals surface area contributed by atoms with Crippen molar-refractivity contribution in [3.05, 3.63) is 41.2 Å². The topological polar surface area (TPSA) is 96.3 Å². The molecule has 0 atom stereocenters. The minimum atomic E-state index is -0.883. The summed E-state index contributed by atoms with van der Waals surface area (Å²) in [5.41, 5.74) is 3.99. The largest absolute Gasteiger partial charge is 0.481 e. The number of anilines is 1. The summed E-state index contributed by atoms with van der Waals surface area (Å²) < 4.78 is 1.80. The summed E-state index contributed by atoms with van der Waals surface area (Å²) >= 11 is 0. The van der Waals surface area contributed by atoms with Gasteiger partial charge in [0, 0.05) is 12.0 Å². The number of carbonyl (C=O) groups excluding carboxylic acids is 1. The van der Waals surface area contributed by atoms with Crippen molar-refractivity contribution in [2.45, 2.75) is 53.0 Å². The molecule has 26 heavy (non-hydrogen) atoms. The number of hydrogen-bond acceptors (Lipinski definition) is 3. The van der Waals surface area contributed by atoms with Crippen LogP contribution in [0.5, 0.6) is 0 Å².